The van der Waals surface area contributed by atoms with Crippen molar-refractivity contribution in [3.05, 3.63) is 29.8 Å². The zero-order chi connectivity index (χ0) is 16.7. The Hall–Kier alpha value is -1.06. The molecule has 1 saturated carbocycles. The second kappa shape index (κ2) is 9.29. The highest BCUT2D eigenvalue weighted by atomic mass is 16.5. The zero-order valence-electron chi connectivity index (χ0n) is 15.0. The van der Waals surface area contributed by atoms with E-state index in [0.29, 0.717) is 25.1 Å². The van der Waals surface area contributed by atoms with E-state index in [1.165, 1.54) is 37.7 Å². The van der Waals surface area contributed by atoms with Crippen LogP contribution in [0.25, 0.3) is 0 Å². The van der Waals surface area contributed by atoms with E-state index in [-0.39, 0.29) is 0 Å². The lowest BCUT2D eigenvalue weighted by Crippen LogP contribution is -2.40. The molecule has 2 rings (SSSR count). The van der Waals surface area contributed by atoms with Gasteiger partial charge in [0.15, 0.2) is 0 Å². The molecule has 23 heavy (non-hydrogen) atoms. The molecule has 130 valence electrons. The molecule has 0 heterocycles. The van der Waals surface area contributed by atoms with Gasteiger partial charge in [0.05, 0.1) is 0 Å². The van der Waals surface area contributed by atoms with Gasteiger partial charge in [0.25, 0.3) is 0 Å². The molecule has 0 radical (unpaired) electrons. The molecule has 0 aliphatic heterocycles. The summed E-state index contributed by atoms with van der Waals surface area (Å²) in [4.78, 5) is 2.31. The van der Waals surface area contributed by atoms with E-state index in [4.69, 9.17) is 4.74 Å². The number of hydrogen-bond donors (Lipinski definition) is 1. The highest BCUT2D eigenvalue weighted by molar-refractivity contribution is 5.35. The Bertz CT molecular complexity index is 457. The van der Waals surface area contributed by atoms with Crippen molar-refractivity contribution in [2.24, 2.45) is 0 Å². The van der Waals surface area contributed by atoms with Gasteiger partial charge in [-0.15, -0.1) is 0 Å². The van der Waals surface area contributed by atoms with Gasteiger partial charge < -0.3 is 14.7 Å². The summed E-state index contributed by atoms with van der Waals surface area (Å²) < 4.78 is 5.93. The minimum absolute atomic E-state index is 0.366. The predicted octanol–water partition coefficient (Wildman–Crippen LogP) is 4.20. The first-order valence-electron chi connectivity index (χ1n) is 9.21. The summed E-state index contributed by atoms with van der Waals surface area (Å²) in [5.74, 6) is 1.40. The van der Waals surface area contributed by atoms with E-state index in [1.807, 2.05) is 12.1 Å². The van der Waals surface area contributed by atoms with Crippen LogP contribution in [-0.4, -0.2) is 42.4 Å². The Labute approximate surface area is 141 Å². The van der Waals surface area contributed by atoms with Gasteiger partial charge in [0.2, 0.25) is 0 Å². The Kier molecular flexibility index (Phi) is 7.38. The van der Waals surface area contributed by atoms with Crippen LogP contribution in [0.3, 0.4) is 0 Å². The van der Waals surface area contributed by atoms with E-state index in [9.17, 15) is 5.11 Å². The van der Waals surface area contributed by atoms with Crippen molar-refractivity contribution in [2.75, 3.05) is 20.2 Å². The fourth-order valence-corrected chi connectivity index (χ4v) is 3.48. The summed E-state index contributed by atoms with van der Waals surface area (Å²) in [6.07, 6.45) is 7.19. The molecule has 1 fully saturated rings. The Morgan fingerprint density at radius 3 is 2.61 bits per heavy atom. The Morgan fingerprint density at radius 1 is 1.22 bits per heavy atom. The molecule has 1 aliphatic rings. The quantitative estimate of drug-likeness (QED) is 0.779. The highest BCUT2D eigenvalue weighted by Crippen LogP contribution is 2.28. The van der Waals surface area contributed by atoms with Gasteiger partial charge in [0.1, 0.15) is 18.5 Å². The van der Waals surface area contributed by atoms with Crippen LogP contribution in [0.2, 0.25) is 0 Å². The standard InChI is InChI=1S/C20H33NO2/c1-4-16(2)19-12-8-9-13-20(19)23-15-18(22)14-21(3)17-10-6-5-7-11-17/h8-9,12-13,16-18,22H,4-7,10-11,14-15H2,1-3H3/t16-,18-/m1/s1. The van der Waals surface area contributed by atoms with Crippen molar-refractivity contribution in [2.45, 2.75) is 70.4 Å². The van der Waals surface area contributed by atoms with Gasteiger partial charge in [-0.2, -0.15) is 0 Å². The van der Waals surface area contributed by atoms with E-state index < -0.39 is 6.10 Å². The first kappa shape index (κ1) is 18.3. The first-order chi connectivity index (χ1) is 11.1. The smallest absolute Gasteiger partial charge is 0.122 e. The number of likely N-dealkylation sites (N-methyl/N-ethyl adjacent to an activating group) is 1. The van der Waals surface area contributed by atoms with Gasteiger partial charge in [-0.1, -0.05) is 51.3 Å². The SMILES string of the molecule is CC[C@@H](C)c1ccccc1OC[C@H](O)CN(C)C1CCCCC1. The van der Waals surface area contributed by atoms with Crippen molar-refractivity contribution < 1.29 is 9.84 Å². The van der Waals surface area contributed by atoms with Crippen LogP contribution in [0.15, 0.2) is 24.3 Å². The number of nitrogens with zero attached hydrogens (tertiary/aromatic N) is 1. The van der Waals surface area contributed by atoms with Crippen LogP contribution < -0.4 is 4.74 Å². The van der Waals surface area contributed by atoms with Gasteiger partial charge in [-0.25, -0.2) is 0 Å². The summed E-state index contributed by atoms with van der Waals surface area (Å²) in [5.41, 5.74) is 1.24. The molecule has 0 aromatic heterocycles. The molecule has 1 aromatic carbocycles. The molecule has 1 aromatic rings. The predicted molar refractivity (Wildman–Crippen MR) is 96.2 cm³/mol. The van der Waals surface area contributed by atoms with Gasteiger partial charge in [0, 0.05) is 12.6 Å². The Balaban J connectivity index is 1.83. The molecule has 0 bridgehead atoms. The summed E-state index contributed by atoms with van der Waals surface area (Å²) >= 11 is 0. The summed E-state index contributed by atoms with van der Waals surface area (Å²) in [6, 6.07) is 8.83. The summed E-state index contributed by atoms with van der Waals surface area (Å²) in [7, 11) is 2.13. The molecule has 0 spiro atoms. The topological polar surface area (TPSA) is 32.7 Å². The van der Waals surface area contributed by atoms with Crippen LogP contribution in [0, 0.1) is 0 Å². The second-order valence-electron chi connectivity index (χ2n) is 7.04. The maximum absolute atomic E-state index is 10.3. The number of rotatable bonds is 8. The number of aliphatic hydroxyl groups excluding tert-OH is 1. The van der Waals surface area contributed by atoms with Crippen LogP contribution in [-0.2, 0) is 0 Å². The van der Waals surface area contributed by atoms with Crippen molar-refractivity contribution >= 4 is 0 Å². The molecule has 2 atom stereocenters. The van der Waals surface area contributed by atoms with Crippen LogP contribution >= 0.6 is 0 Å². The Morgan fingerprint density at radius 2 is 1.91 bits per heavy atom. The van der Waals surface area contributed by atoms with E-state index in [0.717, 1.165) is 12.2 Å². The molecule has 1 N–H and O–H groups in total. The van der Waals surface area contributed by atoms with Crippen molar-refractivity contribution in [1.82, 2.24) is 4.90 Å². The highest BCUT2D eigenvalue weighted by Gasteiger charge is 2.20. The number of ether oxygens (including phenoxy) is 1. The lowest BCUT2D eigenvalue weighted by atomic mass is 9.94. The number of hydrogen-bond acceptors (Lipinski definition) is 3. The van der Waals surface area contributed by atoms with Crippen molar-refractivity contribution in [3.63, 3.8) is 0 Å². The molecule has 0 unspecified atom stereocenters. The lowest BCUT2D eigenvalue weighted by Gasteiger charge is -2.32. The second-order valence-corrected chi connectivity index (χ2v) is 7.04. The number of para-hydroxylation sites is 1. The molecule has 1 aliphatic carbocycles. The molecule has 0 amide bonds. The molecule has 3 heteroatoms. The van der Waals surface area contributed by atoms with Crippen LogP contribution in [0.5, 0.6) is 5.75 Å². The maximum atomic E-state index is 10.3. The van der Waals surface area contributed by atoms with Gasteiger partial charge >= 0.3 is 0 Å². The molecule has 3 nitrogen and oxygen atoms in total. The minimum atomic E-state index is -0.438. The van der Waals surface area contributed by atoms with Gasteiger partial charge in [-0.3, -0.25) is 0 Å². The molecule has 0 saturated heterocycles. The number of aliphatic hydroxyl groups is 1. The average Bonchev–Trinajstić information content (AvgIpc) is 2.60. The van der Waals surface area contributed by atoms with Crippen LogP contribution in [0.1, 0.15) is 63.9 Å². The monoisotopic (exact) mass is 319 g/mol. The van der Waals surface area contributed by atoms with E-state index in [1.54, 1.807) is 0 Å². The van der Waals surface area contributed by atoms with E-state index >= 15 is 0 Å². The number of benzene rings is 1. The fraction of sp³-hybridized carbons (Fsp3) is 0.700. The third kappa shape index (κ3) is 5.50. The lowest BCUT2D eigenvalue weighted by molar-refractivity contribution is 0.0558. The fourth-order valence-electron chi connectivity index (χ4n) is 3.48. The minimum Gasteiger partial charge on any atom is -0.491 e. The van der Waals surface area contributed by atoms with Crippen molar-refractivity contribution in [1.29, 1.82) is 0 Å². The maximum Gasteiger partial charge on any atom is 0.122 e. The third-order valence-corrected chi connectivity index (χ3v) is 5.19. The van der Waals surface area contributed by atoms with E-state index in [2.05, 4.69) is 37.9 Å². The zero-order valence-corrected chi connectivity index (χ0v) is 15.0. The normalized spacial score (nSPS) is 18.8. The molecular weight excluding hydrogens is 286 g/mol. The largest absolute Gasteiger partial charge is 0.491 e. The third-order valence-electron chi connectivity index (χ3n) is 5.19. The van der Waals surface area contributed by atoms with Crippen LogP contribution in [0.4, 0.5) is 0 Å². The molecular formula is C20H33NO2. The van der Waals surface area contributed by atoms with Crippen molar-refractivity contribution in [3.8, 4) is 5.75 Å². The summed E-state index contributed by atoms with van der Waals surface area (Å²) in [5, 5.41) is 10.3. The first-order valence-corrected chi connectivity index (χ1v) is 9.21. The summed E-state index contributed by atoms with van der Waals surface area (Å²) in [6.45, 7) is 5.46. The van der Waals surface area contributed by atoms with Gasteiger partial charge in [-0.05, 0) is 43.9 Å². The average molecular weight is 319 g/mol.